The fourth-order valence-corrected chi connectivity index (χ4v) is 4.71. The molecule has 0 spiro atoms. The van der Waals surface area contributed by atoms with Gasteiger partial charge in [0.05, 0.1) is 23.7 Å². The van der Waals surface area contributed by atoms with Crippen LogP contribution in [0, 0.1) is 19.8 Å². The SMILES string of the molecule is Cc1cccc(OCCCn2c(C(C)NC(=O)C3CCCCC3)nc3ccccc32)c1C. The van der Waals surface area contributed by atoms with Crippen molar-refractivity contribution in [1.29, 1.82) is 0 Å². The second-order valence-electron chi connectivity index (χ2n) is 9.08. The lowest BCUT2D eigenvalue weighted by Gasteiger charge is -2.23. The number of aryl methyl sites for hydroxylation is 2. The number of nitrogens with zero attached hydrogens (tertiary/aromatic N) is 2. The second kappa shape index (κ2) is 10.2. The quantitative estimate of drug-likeness (QED) is 0.451. The number of fused-ring (bicyclic) bond motifs is 1. The minimum atomic E-state index is -0.128. The summed E-state index contributed by atoms with van der Waals surface area (Å²) in [5, 5.41) is 3.24. The summed E-state index contributed by atoms with van der Waals surface area (Å²) in [5.74, 6) is 2.19. The number of aromatic nitrogens is 2. The Balaban J connectivity index is 1.45. The molecule has 1 amide bonds. The molecule has 0 bridgehead atoms. The fraction of sp³-hybridized carbons (Fsp3) is 0.481. The maximum absolute atomic E-state index is 12.8. The maximum Gasteiger partial charge on any atom is 0.223 e. The van der Waals surface area contributed by atoms with E-state index in [2.05, 4.69) is 35.9 Å². The van der Waals surface area contributed by atoms with E-state index in [1.54, 1.807) is 0 Å². The Morgan fingerprint density at radius 2 is 1.91 bits per heavy atom. The largest absolute Gasteiger partial charge is 0.493 e. The molecule has 1 N–H and O–H groups in total. The van der Waals surface area contributed by atoms with Crippen molar-refractivity contribution < 1.29 is 9.53 Å². The Morgan fingerprint density at radius 1 is 1.12 bits per heavy atom. The van der Waals surface area contributed by atoms with Gasteiger partial charge in [0.1, 0.15) is 11.6 Å². The smallest absolute Gasteiger partial charge is 0.223 e. The molecule has 2 aromatic carbocycles. The first-order valence-electron chi connectivity index (χ1n) is 12.0. The van der Waals surface area contributed by atoms with Gasteiger partial charge in [-0.05, 0) is 69.4 Å². The van der Waals surface area contributed by atoms with Crippen molar-refractivity contribution in [3.8, 4) is 5.75 Å². The lowest BCUT2D eigenvalue weighted by atomic mass is 9.88. The Labute approximate surface area is 191 Å². The fourth-order valence-electron chi connectivity index (χ4n) is 4.71. The Bertz CT molecular complexity index is 1070. The van der Waals surface area contributed by atoms with Crippen molar-refractivity contribution in [3.05, 3.63) is 59.4 Å². The van der Waals surface area contributed by atoms with Crippen molar-refractivity contribution >= 4 is 16.9 Å². The zero-order valence-electron chi connectivity index (χ0n) is 19.6. The summed E-state index contributed by atoms with van der Waals surface area (Å²) in [6.45, 7) is 7.69. The van der Waals surface area contributed by atoms with Crippen LogP contribution >= 0.6 is 0 Å². The number of carbonyl (C=O) groups excluding carboxylic acids is 1. The minimum absolute atomic E-state index is 0.128. The molecule has 0 aliphatic heterocycles. The van der Waals surface area contributed by atoms with E-state index < -0.39 is 0 Å². The summed E-state index contributed by atoms with van der Waals surface area (Å²) >= 11 is 0. The van der Waals surface area contributed by atoms with E-state index in [1.165, 1.54) is 17.5 Å². The van der Waals surface area contributed by atoms with Gasteiger partial charge in [-0.1, -0.05) is 43.5 Å². The Kier molecular flexibility index (Phi) is 7.13. The van der Waals surface area contributed by atoms with Crippen LogP contribution in [0.15, 0.2) is 42.5 Å². The topological polar surface area (TPSA) is 56.1 Å². The van der Waals surface area contributed by atoms with Crippen LogP contribution in [0.25, 0.3) is 11.0 Å². The molecule has 0 radical (unpaired) electrons. The summed E-state index contributed by atoms with van der Waals surface area (Å²) in [4.78, 5) is 17.7. The molecular formula is C27H35N3O2. The molecule has 5 nitrogen and oxygen atoms in total. The summed E-state index contributed by atoms with van der Waals surface area (Å²) in [6, 6.07) is 14.2. The number of carbonyl (C=O) groups is 1. The number of amides is 1. The van der Waals surface area contributed by atoms with Crippen LogP contribution in [-0.4, -0.2) is 22.1 Å². The van der Waals surface area contributed by atoms with Gasteiger partial charge < -0.3 is 14.6 Å². The van der Waals surface area contributed by atoms with Crippen LogP contribution in [-0.2, 0) is 11.3 Å². The third kappa shape index (κ3) is 4.98. The molecule has 1 aromatic heterocycles. The summed E-state index contributed by atoms with van der Waals surface area (Å²) < 4.78 is 8.31. The van der Waals surface area contributed by atoms with E-state index in [4.69, 9.17) is 9.72 Å². The molecule has 1 aliphatic carbocycles. The second-order valence-corrected chi connectivity index (χ2v) is 9.08. The molecule has 32 heavy (non-hydrogen) atoms. The standard InChI is InChI=1S/C27H35N3O2/c1-19-11-9-16-25(20(19)2)32-18-10-17-30-24-15-8-7-14-23(24)29-26(30)21(3)28-27(31)22-12-5-4-6-13-22/h7-9,11,14-16,21-22H,4-6,10,12-13,17-18H2,1-3H3,(H,28,31). The van der Waals surface area contributed by atoms with E-state index in [9.17, 15) is 4.79 Å². The van der Waals surface area contributed by atoms with Gasteiger partial charge in [-0.2, -0.15) is 0 Å². The van der Waals surface area contributed by atoms with E-state index in [-0.39, 0.29) is 17.9 Å². The third-order valence-electron chi connectivity index (χ3n) is 6.74. The van der Waals surface area contributed by atoms with Crippen molar-refractivity contribution in [2.45, 2.75) is 71.9 Å². The van der Waals surface area contributed by atoms with Crippen LogP contribution in [0.2, 0.25) is 0 Å². The summed E-state index contributed by atoms with van der Waals surface area (Å²) in [5.41, 5.74) is 4.51. The lowest BCUT2D eigenvalue weighted by molar-refractivity contribution is -0.126. The summed E-state index contributed by atoms with van der Waals surface area (Å²) in [7, 11) is 0. The molecular weight excluding hydrogens is 398 g/mol. The van der Waals surface area contributed by atoms with E-state index in [1.807, 2.05) is 37.3 Å². The highest BCUT2D eigenvalue weighted by Crippen LogP contribution is 2.26. The van der Waals surface area contributed by atoms with Crippen LogP contribution < -0.4 is 10.1 Å². The molecule has 3 aromatic rings. The third-order valence-corrected chi connectivity index (χ3v) is 6.74. The van der Waals surface area contributed by atoms with Gasteiger partial charge in [-0.3, -0.25) is 4.79 Å². The number of hydrogen-bond acceptors (Lipinski definition) is 3. The Morgan fingerprint density at radius 3 is 2.72 bits per heavy atom. The van der Waals surface area contributed by atoms with Crippen LogP contribution in [0.4, 0.5) is 0 Å². The van der Waals surface area contributed by atoms with Gasteiger partial charge in [-0.25, -0.2) is 4.98 Å². The highest BCUT2D eigenvalue weighted by atomic mass is 16.5. The highest BCUT2D eigenvalue weighted by molar-refractivity contribution is 5.80. The number of rotatable bonds is 8. The van der Waals surface area contributed by atoms with Crippen molar-refractivity contribution in [2.24, 2.45) is 5.92 Å². The predicted molar refractivity (Wildman–Crippen MR) is 129 cm³/mol. The van der Waals surface area contributed by atoms with Gasteiger partial charge in [0, 0.05) is 12.5 Å². The summed E-state index contributed by atoms with van der Waals surface area (Å²) in [6.07, 6.45) is 6.44. The molecule has 4 rings (SSSR count). The number of nitrogens with one attached hydrogen (secondary N) is 1. The number of imidazole rings is 1. The first-order valence-corrected chi connectivity index (χ1v) is 12.0. The number of ether oxygens (including phenoxy) is 1. The van der Waals surface area contributed by atoms with Crippen LogP contribution in [0.1, 0.15) is 68.4 Å². The number of hydrogen-bond donors (Lipinski definition) is 1. The van der Waals surface area contributed by atoms with Crippen LogP contribution in [0.5, 0.6) is 5.75 Å². The molecule has 5 heteroatoms. The lowest BCUT2D eigenvalue weighted by Crippen LogP contribution is -2.35. The molecule has 1 unspecified atom stereocenters. The van der Waals surface area contributed by atoms with Gasteiger partial charge >= 0.3 is 0 Å². The first kappa shape index (κ1) is 22.4. The van der Waals surface area contributed by atoms with E-state index >= 15 is 0 Å². The monoisotopic (exact) mass is 433 g/mol. The average molecular weight is 434 g/mol. The van der Waals surface area contributed by atoms with Gasteiger partial charge in [0.25, 0.3) is 0 Å². The van der Waals surface area contributed by atoms with Crippen molar-refractivity contribution in [1.82, 2.24) is 14.9 Å². The molecule has 1 aliphatic rings. The molecule has 170 valence electrons. The molecule has 1 saturated carbocycles. The molecule has 0 saturated heterocycles. The highest BCUT2D eigenvalue weighted by Gasteiger charge is 2.24. The van der Waals surface area contributed by atoms with Crippen molar-refractivity contribution in [2.75, 3.05) is 6.61 Å². The van der Waals surface area contributed by atoms with E-state index in [0.717, 1.165) is 61.3 Å². The molecule has 1 atom stereocenters. The maximum atomic E-state index is 12.8. The normalized spacial score (nSPS) is 15.6. The predicted octanol–water partition coefficient (Wildman–Crippen LogP) is 5.88. The first-order chi connectivity index (χ1) is 15.5. The zero-order valence-corrected chi connectivity index (χ0v) is 19.6. The zero-order chi connectivity index (χ0) is 22.5. The molecule has 1 fully saturated rings. The van der Waals surface area contributed by atoms with Gasteiger partial charge in [0.2, 0.25) is 5.91 Å². The molecule has 1 heterocycles. The Hall–Kier alpha value is -2.82. The van der Waals surface area contributed by atoms with Crippen LogP contribution in [0.3, 0.4) is 0 Å². The van der Waals surface area contributed by atoms with Gasteiger partial charge in [-0.15, -0.1) is 0 Å². The minimum Gasteiger partial charge on any atom is -0.493 e. The van der Waals surface area contributed by atoms with Crippen molar-refractivity contribution in [3.63, 3.8) is 0 Å². The number of benzene rings is 2. The van der Waals surface area contributed by atoms with E-state index in [0.29, 0.717) is 6.61 Å². The van der Waals surface area contributed by atoms with Gasteiger partial charge in [0.15, 0.2) is 0 Å². The number of para-hydroxylation sites is 2. The average Bonchev–Trinajstić information content (AvgIpc) is 3.18.